The van der Waals surface area contributed by atoms with Crippen LogP contribution in [0.15, 0.2) is 35.0 Å². The van der Waals surface area contributed by atoms with E-state index in [1.165, 1.54) is 22.9 Å². The van der Waals surface area contributed by atoms with Crippen LogP contribution in [0.25, 0.3) is 0 Å². The van der Waals surface area contributed by atoms with E-state index in [-0.39, 0.29) is 16.9 Å². The fraction of sp³-hybridized carbons (Fsp3) is 0.0833. The molecular weight excluding hydrogens is 279 g/mol. The standard InChI is InChI=1S/C12H8F3NO2S/c13-12(14,15)7-2-1-3-8(4-7)16-10-6-19-5-9(10)11(17)18/h1-6,16H,(H,17,18). The SMILES string of the molecule is O=C(O)c1cscc1Nc1cccc(C(F)(F)F)c1. The molecule has 100 valence electrons. The van der Waals surface area contributed by atoms with E-state index in [0.717, 1.165) is 23.5 Å². The van der Waals surface area contributed by atoms with Crippen molar-refractivity contribution < 1.29 is 23.1 Å². The molecular formula is C12H8F3NO2S. The molecule has 1 aromatic carbocycles. The monoisotopic (exact) mass is 287 g/mol. The zero-order valence-corrected chi connectivity index (χ0v) is 10.2. The molecule has 1 heterocycles. The topological polar surface area (TPSA) is 49.3 Å². The van der Waals surface area contributed by atoms with Gasteiger partial charge in [-0.1, -0.05) is 6.07 Å². The maximum absolute atomic E-state index is 12.5. The van der Waals surface area contributed by atoms with Crippen LogP contribution >= 0.6 is 11.3 Å². The van der Waals surface area contributed by atoms with E-state index in [9.17, 15) is 18.0 Å². The van der Waals surface area contributed by atoms with Gasteiger partial charge in [0.25, 0.3) is 0 Å². The van der Waals surface area contributed by atoms with Crippen molar-refractivity contribution in [2.24, 2.45) is 0 Å². The van der Waals surface area contributed by atoms with E-state index in [1.807, 2.05) is 0 Å². The molecule has 19 heavy (non-hydrogen) atoms. The first-order valence-electron chi connectivity index (χ1n) is 5.11. The second-order valence-electron chi connectivity index (χ2n) is 3.71. The zero-order chi connectivity index (χ0) is 14.0. The number of benzene rings is 1. The van der Waals surface area contributed by atoms with E-state index in [2.05, 4.69) is 5.32 Å². The Morgan fingerprint density at radius 3 is 2.63 bits per heavy atom. The lowest BCUT2D eigenvalue weighted by Gasteiger charge is -2.10. The Morgan fingerprint density at radius 1 is 1.26 bits per heavy atom. The average Bonchev–Trinajstić information content (AvgIpc) is 2.76. The second kappa shape index (κ2) is 4.93. The van der Waals surface area contributed by atoms with E-state index in [4.69, 9.17) is 5.11 Å². The highest BCUT2D eigenvalue weighted by Crippen LogP contribution is 2.32. The Hall–Kier alpha value is -2.02. The van der Waals surface area contributed by atoms with Gasteiger partial charge in [-0.05, 0) is 18.2 Å². The van der Waals surface area contributed by atoms with E-state index in [0.29, 0.717) is 0 Å². The summed E-state index contributed by atoms with van der Waals surface area (Å²) in [5.74, 6) is -1.13. The Labute approximate surface area is 110 Å². The number of rotatable bonds is 3. The molecule has 0 atom stereocenters. The van der Waals surface area contributed by atoms with Crippen LogP contribution in [0.1, 0.15) is 15.9 Å². The lowest BCUT2D eigenvalue weighted by atomic mass is 10.2. The van der Waals surface area contributed by atoms with Gasteiger partial charge in [-0.2, -0.15) is 13.2 Å². The molecule has 7 heteroatoms. The molecule has 0 unspecified atom stereocenters. The fourth-order valence-electron chi connectivity index (χ4n) is 1.49. The average molecular weight is 287 g/mol. The first kappa shape index (κ1) is 13.4. The van der Waals surface area contributed by atoms with Gasteiger partial charge in [-0.15, -0.1) is 11.3 Å². The number of thiophene rings is 1. The largest absolute Gasteiger partial charge is 0.478 e. The van der Waals surface area contributed by atoms with Crippen LogP contribution in [0.3, 0.4) is 0 Å². The number of hydrogen-bond donors (Lipinski definition) is 2. The minimum absolute atomic E-state index is 0.0300. The number of carbonyl (C=O) groups is 1. The smallest absolute Gasteiger partial charge is 0.416 e. The summed E-state index contributed by atoms with van der Waals surface area (Å²) in [6, 6.07) is 4.59. The van der Waals surface area contributed by atoms with Gasteiger partial charge in [0.2, 0.25) is 0 Å². The summed E-state index contributed by atoms with van der Waals surface area (Å²) in [5, 5.41) is 14.5. The van der Waals surface area contributed by atoms with Crippen LogP contribution in [0, 0.1) is 0 Å². The minimum Gasteiger partial charge on any atom is -0.478 e. The number of anilines is 2. The van der Waals surface area contributed by atoms with Crippen LogP contribution < -0.4 is 5.32 Å². The van der Waals surface area contributed by atoms with Crippen molar-refractivity contribution >= 4 is 28.7 Å². The third kappa shape index (κ3) is 3.05. The Morgan fingerprint density at radius 2 is 2.00 bits per heavy atom. The van der Waals surface area contributed by atoms with E-state index in [1.54, 1.807) is 0 Å². The van der Waals surface area contributed by atoms with Gasteiger partial charge in [0.05, 0.1) is 16.8 Å². The van der Waals surface area contributed by atoms with Crippen LogP contribution in [-0.4, -0.2) is 11.1 Å². The van der Waals surface area contributed by atoms with Crippen molar-refractivity contribution in [3.05, 3.63) is 46.2 Å². The first-order valence-corrected chi connectivity index (χ1v) is 6.06. The molecule has 0 saturated carbocycles. The van der Waals surface area contributed by atoms with Crippen molar-refractivity contribution in [1.82, 2.24) is 0 Å². The molecule has 0 radical (unpaired) electrons. The van der Waals surface area contributed by atoms with Crippen molar-refractivity contribution in [2.45, 2.75) is 6.18 Å². The highest BCUT2D eigenvalue weighted by atomic mass is 32.1. The molecule has 2 rings (SSSR count). The van der Waals surface area contributed by atoms with Gasteiger partial charge in [0.15, 0.2) is 0 Å². The van der Waals surface area contributed by atoms with Gasteiger partial charge in [-0.25, -0.2) is 4.79 Å². The lowest BCUT2D eigenvalue weighted by Crippen LogP contribution is -2.05. The molecule has 0 aliphatic carbocycles. The number of hydrogen-bond acceptors (Lipinski definition) is 3. The molecule has 0 fully saturated rings. The maximum Gasteiger partial charge on any atom is 0.416 e. The summed E-state index contributed by atoms with van der Waals surface area (Å²) in [6.45, 7) is 0. The predicted octanol–water partition coefficient (Wildman–Crippen LogP) is 4.21. The highest BCUT2D eigenvalue weighted by molar-refractivity contribution is 7.08. The summed E-state index contributed by atoms with van der Waals surface area (Å²) >= 11 is 1.16. The number of carboxylic acids is 1. The molecule has 0 saturated heterocycles. The number of alkyl halides is 3. The highest BCUT2D eigenvalue weighted by Gasteiger charge is 2.30. The number of carboxylic acid groups (broad SMARTS) is 1. The number of aromatic carboxylic acids is 1. The van der Waals surface area contributed by atoms with Crippen molar-refractivity contribution in [3.63, 3.8) is 0 Å². The Balaban J connectivity index is 2.29. The zero-order valence-electron chi connectivity index (χ0n) is 9.36. The minimum atomic E-state index is -4.43. The van der Waals surface area contributed by atoms with Gasteiger partial charge in [0.1, 0.15) is 0 Å². The summed E-state index contributed by atoms with van der Waals surface area (Å²) in [6.07, 6.45) is -4.43. The quantitative estimate of drug-likeness (QED) is 0.889. The molecule has 2 aromatic rings. The van der Waals surface area contributed by atoms with Gasteiger partial charge < -0.3 is 10.4 Å². The van der Waals surface area contributed by atoms with Gasteiger partial charge in [-0.3, -0.25) is 0 Å². The molecule has 3 nitrogen and oxygen atoms in total. The maximum atomic E-state index is 12.5. The van der Waals surface area contributed by atoms with Crippen LogP contribution in [-0.2, 0) is 6.18 Å². The van der Waals surface area contributed by atoms with Gasteiger partial charge >= 0.3 is 12.1 Å². The van der Waals surface area contributed by atoms with Crippen molar-refractivity contribution in [2.75, 3.05) is 5.32 Å². The lowest BCUT2D eigenvalue weighted by molar-refractivity contribution is -0.137. The van der Waals surface area contributed by atoms with E-state index < -0.39 is 17.7 Å². The summed E-state index contributed by atoms with van der Waals surface area (Å²) in [7, 11) is 0. The third-order valence-electron chi connectivity index (χ3n) is 2.36. The molecule has 0 aliphatic rings. The number of halogens is 3. The fourth-order valence-corrected chi connectivity index (χ4v) is 2.24. The molecule has 0 aliphatic heterocycles. The van der Waals surface area contributed by atoms with Gasteiger partial charge in [0, 0.05) is 16.4 Å². The molecule has 0 bridgehead atoms. The molecule has 1 aromatic heterocycles. The third-order valence-corrected chi connectivity index (χ3v) is 3.10. The normalized spacial score (nSPS) is 11.3. The molecule has 0 amide bonds. The second-order valence-corrected chi connectivity index (χ2v) is 4.45. The number of nitrogens with one attached hydrogen (secondary N) is 1. The molecule has 0 spiro atoms. The predicted molar refractivity (Wildman–Crippen MR) is 66.0 cm³/mol. The van der Waals surface area contributed by atoms with Crippen molar-refractivity contribution in [3.8, 4) is 0 Å². The molecule has 2 N–H and O–H groups in total. The summed E-state index contributed by atoms with van der Waals surface area (Å²) in [4.78, 5) is 10.9. The van der Waals surface area contributed by atoms with Crippen LogP contribution in [0.2, 0.25) is 0 Å². The van der Waals surface area contributed by atoms with Crippen LogP contribution in [0.4, 0.5) is 24.5 Å². The summed E-state index contributed by atoms with van der Waals surface area (Å²) in [5.41, 5.74) is -0.292. The Bertz CT molecular complexity index is 607. The van der Waals surface area contributed by atoms with Crippen molar-refractivity contribution in [1.29, 1.82) is 0 Å². The first-order chi connectivity index (χ1) is 8.88. The van der Waals surface area contributed by atoms with E-state index >= 15 is 0 Å². The Kier molecular flexibility index (Phi) is 3.48. The summed E-state index contributed by atoms with van der Waals surface area (Å²) < 4.78 is 37.6. The van der Waals surface area contributed by atoms with Crippen LogP contribution in [0.5, 0.6) is 0 Å².